The smallest absolute Gasteiger partial charge is 0.356 e. The minimum Gasteiger partial charge on any atom is -0.464 e. The molecule has 1 aromatic carbocycles. The number of nitrogens with zero attached hydrogens (tertiary/aromatic N) is 2. The van der Waals surface area contributed by atoms with Gasteiger partial charge in [-0.3, -0.25) is 0 Å². The van der Waals surface area contributed by atoms with Gasteiger partial charge >= 0.3 is 5.97 Å². The van der Waals surface area contributed by atoms with E-state index < -0.39 is 0 Å². The fraction of sp³-hybridized carbons (Fsp3) is 0.286. The summed E-state index contributed by atoms with van der Waals surface area (Å²) in [5, 5.41) is 0. The number of imidazole rings is 1. The highest BCUT2D eigenvalue weighted by Gasteiger charge is 2.16. The van der Waals surface area contributed by atoms with Crippen molar-refractivity contribution in [1.82, 2.24) is 9.55 Å². The lowest BCUT2D eigenvalue weighted by Crippen LogP contribution is -2.15. The van der Waals surface area contributed by atoms with Gasteiger partial charge in [0.05, 0.1) is 19.6 Å². The second-order valence-corrected chi connectivity index (χ2v) is 4.22. The first-order valence-corrected chi connectivity index (χ1v) is 5.86. The van der Waals surface area contributed by atoms with E-state index in [1.807, 2.05) is 22.8 Å². The number of carbonyl (C=O) groups excluding carboxylic acids is 1. The maximum Gasteiger partial charge on any atom is 0.356 e. The number of esters is 1. The predicted octanol–water partition coefficient (Wildman–Crippen LogP) is 2.47. The maximum absolute atomic E-state index is 11.6. The highest BCUT2D eigenvalue weighted by Crippen LogP contribution is 2.16. The number of rotatable bonds is 4. The molecule has 0 aliphatic carbocycles. The van der Waals surface area contributed by atoms with Crippen LogP contribution in [0.4, 0.5) is 0 Å². The van der Waals surface area contributed by atoms with Crippen molar-refractivity contribution in [2.75, 3.05) is 7.11 Å². The van der Waals surface area contributed by atoms with Crippen LogP contribution in [0.15, 0.2) is 42.9 Å². The second-order valence-electron chi connectivity index (χ2n) is 4.22. The van der Waals surface area contributed by atoms with Crippen LogP contribution in [0.5, 0.6) is 0 Å². The highest BCUT2D eigenvalue weighted by molar-refractivity contribution is 5.87. The van der Waals surface area contributed by atoms with Crippen molar-refractivity contribution < 1.29 is 9.53 Å². The molecule has 4 nitrogen and oxygen atoms in total. The average Bonchev–Trinajstić information content (AvgIpc) is 2.88. The van der Waals surface area contributed by atoms with Crippen molar-refractivity contribution >= 4 is 5.97 Å². The molecule has 1 aromatic heterocycles. The number of hydrogen-bond donors (Lipinski definition) is 0. The van der Waals surface area contributed by atoms with Crippen molar-refractivity contribution in [3.8, 4) is 0 Å². The SMILES string of the molecule is COC(=O)c1cncn1C(C)Cc1ccccc1. The summed E-state index contributed by atoms with van der Waals surface area (Å²) in [4.78, 5) is 15.6. The predicted molar refractivity (Wildman–Crippen MR) is 68.4 cm³/mol. The molecule has 94 valence electrons. The van der Waals surface area contributed by atoms with E-state index in [-0.39, 0.29) is 12.0 Å². The standard InChI is InChI=1S/C14H16N2O2/c1-11(8-12-6-4-3-5-7-12)16-10-15-9-13(16)14(17)18-2/h3-7,9-11H,8H2,1-2H3. The first-order chi connectivity index (χ1) is 8.72. The summed E-state index contributed by atoms with van der Waals surface area (Å²) in [5.41, 5.74) is 1.72. The van der Waals surface area contributed by atoms with Crippen LogP contribution < -0.4 is 0 Å². The van der Waals surface area contributed by atoms with E-state index in [4.69, 9.17) is 4.74 Å². The first kappa shape index (κ1) is 12.4. The summed E-state index contributed by atoms with van der Waals surface area (Å²) < 4.78 is 6.58. The van der Waals surface area contributed by atoms with Gasteiger partial charge in [-0.15, -0.1) is 0 Å². The Morgan fingerprint density at radius 2 is 2.11 bits per heavy atom. The second kappa shape index (κ2) is 5.49. The van der Waals surface area contributed by atoms with E-state index in [1.54, 1.807) is 6.33 Å². The zero-order chi connectivity index (χ0) is 13.0. The average molecular weight is 244 g/mol. The molecule has 0 bridgehead atoms. The van der Waals surface area contributed by atoms with Crippen LogP contribution in [-0.2, 0) is 11.2 Å². The molecule has 1 atom stereocenters. The highest BCUT2D eigenvalue weighted by atomic mass is 16.5. The molecule has 2 aromatic rings. The van der Waals surface area contributed by atoms with Gasteiger partial charge in [0.25, 0.3) is 0 Å². The zero-order valence-electron chi connectivity index (χ0n) is 10.5. The van der Waals surface area contributed by atoms with Gasteiger partial charge in [-0.2, -0.15) is 0 Å². The summed E-state index contributed by atoms with van der Waals surface area (Å²) in [7, 11) is 1.38. The minimum atomic E-state index is -0.354. The van der Waals surface area contributed by atoms with Crippen molar-refractivity contribution in [1.29, 1.82) is 0 Å². The number of carbonyl (C=O) groups is 1. The monoisotopic (exact) mass is 244 g/mol. The van der Waals surface area contributed by atoms with Gasteiger partial charge in [0.1, 0.15) is 5.69 Å². The number of aromatic nitrogens is 2. The van der Waals surface area contributed by atoms with Gasteiger partial charge in [0.15, 0.2) is 0 Å². The fourth-order valence-corrected chi connectivity index (χ4v) is 1.97. The molecular formula is C14H16N2O2. The molecule has 4 heteroatoms. The third-order valence-electron chi connectivity index (χ3n) is 2.91. The van der Waals surface area contributed by atoms with Crippen LogP contribution in [0, 0.1) is 0 Å². The zero-order valence-corrected chi connectivity index (χ0v) is 10.5. The lowest BCUT2D eigenvalue weighted by atomic mass is 10.1. The van der Waals surface area contributed by atoms with Gasteiger partial charge < -0.3 is 9.30 Å². The molecule has 0 aliphatic rings. The maximum atomic E-state index is 11.6. The first-order valence-electron chi connectivity index (χ1n) is 5.86. The Hall–Kier alpha value is -2.10. The lowest BCUT2D eigenvalue weighted by Gasteiger charge is -2.15. The molecule has 1 heterocycles. The number of methoxy groups -OCH3 is 1. The van der Waals surface area contributed by atoms with E-state index in [1.165, 1.54) is 18.9 Å². The molecule has 0 aliphatic heterocycles. The summed E-state index contributed by atoms with van der Waals surface area (Å²) in [6, 6.07) is 10.3. The van der Waals surface area contributed by atoms with Crippen LogP contribution in [0.3, 0.4) is 0 Å². The number of ether oxygens (including phenoxy) is 1. The molecule has 2 rings (SSSR count). The van der Waals surface area contributed by atoms with Crippen LogP contribution in [0.25, 0.3) is 0 Å². The normalized spacial score (nSPS) is 12.1. The topological polar surface area (TPSA) is 44.1 Å². The molecule has 0 saturated carbocycles. The van der Waals surface area contributed by atoms with E-state index >= 15 is 0 Å². The Kier molecular flexibility index (Phi) is 3.77. The Morgan fingerprint density at radius 1 is 1.39 bits per heavy atom. The van der Waals surface area contributed by atoms with Gasteiger partial charge in [-0.1, -0.05) is 30.3 Å². The van der Waals surface area contributed by atoms with Crippen molar-refractivity contribution in [2.45, 2.75) is 19.4 Å². The number of benzene rings is 1. The van der Waals surface area contributed by atoms with E-state index in [0.29, 0.717) is 5.69 Å². The quantitative estimate of drug-likeness (QED) is 0.776. The fourth-order valence-electron chi connectivity index (χ4n) is 1.97. The number of hydrogen-bond acceptors (Lipinski definition) is 3. The van der Waals surface area contributed by atoms with Crippen LogP contribution >= 0.6 is 0 Å². The Bertz CT molecular complexity index is 520. The van der Waals surface area contributed by atoms with Gasteiger partial charge in [0, 0.05) is 6.04 Å². The van der Waals surface area contributed by atoms with Crippen molar-refractivity contribution in [3.63, 3.8) is 0 Å². The molecule has 0 fully saturated rings. The third kappa shape index (κ3) is 2.59. The summed E-state index contributed by atoms with van der Waals surface area (Å²) in [6.07, 6.45) is 4.05. The van der Waals surface area contributed by atoms with Crippen LogP contribution in [0.2, 0.25) is 0 Å². The van der Waals surface area contributed by atoms with Crippen molar-refractivity contribution in [2.24, 2.45) is 0 Å². The Balaban J connectivity index is 2.17. The molecule has 0 saturated heterocycles. The minimum absolute atomic E-state index is 0.156. The third-order valence-corrected chi connectivity index (χ3v) is 2.91. The summed E-state index contributed by atoms with van der Waals surface area (Å²) in [6.45, 7) is 2.06. The molecule has 0 spiro atoms. The van der Waals surface area contributed by atoms with Gasteiger partial charge in [-0.25, -0.2) is 9.78 Å². The van der Waals surface area contributed by atoms with E-state index in [2.05, 4.69) is 24.0 Å². The van der Waals surface area contributed by atoms with E-state index in [0.717, 1.165) is 6.42 Å². The van der Waals surface area contributed by atoms with Gasteiger partial charge in [-0.05, 0) is 18.9 Å². The van der Waals surface area contributed by atoms with Gasteiger partial charge in [0.2, 0.25) is 0 Å². The van der Waals surface area contributed by atoms with E-state index in [9.17, 15) is 4.79 Å². The molecule has 0 amide bonds. The van der Waals surface area contributed by atoms with Crippen molar-refractivity contribution in [3.05, 3.63) is 54.1 Å². The Labute approximate surface area is 106 Å². The van der Waals surface area contributed by atoms with Crippen LogP contribution in [0.1, 0.15) is 29.0 Å². The molecule has 1 unspecified atom stereocenters. The lowest BCUT2D eigenvalue weighted by molar-refractivity contribution is 0.0586. The summed E-state index contributed by atoms with van der Waals surface area (Å²) in [5.74, 6) is -0.354. The summed E-state index contributed by atoms with van der Waals surface area (Å²) >= 11 is 0. The molecule has 0 N–H and O–H groups in total. The molecular weight excluding hydrogens is 228 g/mol. The van der Waals surface area contributed by atoms with Crippen LogP contribution in [-0.4, -0.2) is 22.6 Å². The molecule has 18 heavy (non-hydrogen) atoms. The molecule has 0 radical (unpaired) electrons. The largest absolute Gasteiger partial charge is 0.464 e. The Morgan fingerprint density at radius 3 is 2.78 bits per heavy atom.